The SMILES string of the molecule is O=Cc1cccc(Cc2c(-c3ccccc3Cl)nn3cc(Cl)ccc23)n1. The first-order chi connectivity index (χ1) is 12.7. The molecule has 0 unspecified atom stereocenters. The van der Waals surface area contributed by atoms with Crippen LogP contribution in [0, 0.1) is 0 Å². The molecule has 3 aromatic heterocycles. The molecule has 0 fully saturated rings. The minimum absolute atomic E-state index is 0.404. The number of aldehydes is 1. The number of carbonyl (C=O) groups is 1. The van der Waals surface area contributed by atoms with Gasteiger partial charge in [0.2, 0.25) is 0 Å². The van der Waals surface area contributed by atoms with E-state index >= 15 is 0 Å². The number of aromatic nitrogens is 3. The van der Waals surface area contributed by atoms with Gasteiger partial charge in [0.05, 0.1) is 21.3 Å². The number of hydrogen-bond donors (Lipinski definition) is 0. The summed E-state index contributed by atoms with van der Waals surface area (Å²) in [5.74, 6) is 0. The Morgan fingerprint density at radius 2 is 1.85 bits per heavy atom. The van der Waals surface area contributed by atoms with Gasteiger partial charge in [-0.2, -0.15) is 5.10 Å². The van der Waals surface area contributed by atoms with Gasteiger partial charge in [0.15, 0.2) is 6.29 Å². The number of halogens is 2. The summed E-state index contributed by atoms with van der Waals surface area (Å²) in [5.41, 5.74) is 4.70. The van der Waals surface area contributed by atoms with Gasteiger partial charge in [-0.05, 0) is 30.3 Å². The Morgan fingerprint density at radius 3 is 2.65 bits per heavy atom. The molecule has 4 rings (SSSR count). The van der Waals surface area contributed by atoms with Crippen LogP contribution in [0.5, 0.6) is 0 Å². The monoisotopic (exact) mass is 381 g/mol. The van der Waals surface area contributed by atoms with Gasteiger partial charge in [-0.15, -0.1) is 0 Å². The molecule has 0 saturated carbocycles. The molecule has 1 aromatic carbocycles. The van der Waals surface area contributed by atoms with Gasteiger partial charge in [-0.1, -0.05) is 47.5 Å². The molecule has 0 amide bonds. The maximum Gasteiger partial charge on any atom is 0.168 e. The van der Waals surface area contributed by atoms with Crippen LogP contribution in [0.1, 0.15) is 21.7 Å². The van der Waals surface area contributed by atoms with Crippen LogP contribution >= 0.6 is 23.2 Å². The third-order valence-corrected chi connectivity index (χ3v) is 4.68. The highest BCUT2D eigenvalue weighted by Gasteiger charge is 2.17. The predicted molar refractivity (Wildman–Crippen MR) is 103 cm³/mol. The van der Waals surface area contributed by atoms with Crippen LogP contribution in [0.4, 0.5) is 0 Å². The second-order valence-electron chi connectivity index (χ2n) is 5.83. The first-order valence-electron chi connectivity index (χ1n) is 7.98. The summed E-state index contributed by atoms with van der Waals surface area (Å²) in [6, 6.07) is 16.7. The zero-order chi connectivity index (χ0) is 18.1. The van der Waals surface area contributed by atoms with Gasteiger partial charge in [0.1, 0.15) is 5.69 Å². The Labute approximate surface area is 160 Å². The summed E-state index contributed by atoms with van der Waals surface area (Å²) >= 11 is 12.5. The second-order valence-corrected chi connectivity index (χ2v) is 6.68. The van der Waals surface area contributed by atoms with Crippen LogP contribution in [0.25, 0.3) is 16.8 Å². The fourth-order valence-corrected chi connectivity index (χ4v) is 3.34. The van der Waals surface area contributed by atoms with E-state index in [4.69, 9.17) is 28.3 Å². The van der Waals surface area contributed by atoms with E-state index < -0.39 is 0 Å². The topological polar surface area (TPSA) is 47.3 Å². The lowest BCUT2D eigenvalue weighted by Crippen LogP contribution is -1.97. The highest BCUT2D eigenvalue weighted by Crippen LogP contribution is 2.33. The van der Waals surface area contributed by atoms with E-state index in [0.29, 0.717) is 22.2 Å². The quantitative estimate of drug-likeness (QED) is 0.461. The van der Waals surface area contributed by atoms with Crippen molar-refractivity contribution < 1.29 is 4.79 Å². The smallest absolute Gasteiger partial charge is 0.168 e. The van der Waals surface area contributed by atoms with Crippen molar-refractivity contribution in [3.8, 4) is 11.3 Å². The van der Waals surface area contributed by atoms with Crippen LogP contribution in [-0.4, -0.2) is 20.9 Å². The van der Waals surface area contributed by atoms with E-state index in [1.54, 1.807) is 16.8 Å². The highest BCUT2D eigenvalue weighted by molar-refractivity contribution is 6.33. The number of nitrogens with zero attached hydrogens (tertiary/aromatic N) is 3. The van der Waals surface area contributed by atoms with Crippen molar-refractivity contribution in [3.63, 3.8) is 0 Å². The molecule has 0 aliphatic rings. The molecule has 0 radical (unpaired) electrons. The van der Waals surface area contributed by atoms with Crippen molar-refractivity contribution in [2.45, 2.75) is 6.42 Å². The zero-order valence-corrected chi connectivity index (χ0v) is 15.1. The van der Waals surface area contributed by atoms with Crippen molar-refractivity contribution in [1.29, 1.82) is 0 Å². The number of fused-ring (bicyclic) bond motifs is 1. The van der Waals surface area contributed by atoms with E-state index in [9.17, 15) is 4.79 Å². The number of carbonyl (C=O) groups excluding carboxylic acids is 1. The van der Waals surface area contributed by atoms with Gasteiger partial charge in [0.25, 0.3) is 0 Å². The van der Waals surface area contributed by atoms with Crippen molar-refractivity contribution in [2.24, 2.45) is 0 Å². The summed E-state index contributed by atoms with van der Waals surface area (Å²) in [7, 11) is 0. The lowest BCUT2D eigenvalue weighted by molar-refractivity contribution is 0.111. The number of pyridine rings is 2. The minimum Gasteiger partial charge on any atom is -0.296 e. The van der Waals surface area contributed by atoms with E-state index in [1.807, 2.05) is 48.5 Å². The molecular weight excluding hydrogens is 369 g/mol. The van der Waals surface area contributed by atoms with E-state index in [1.165, 1.54) is 0 Å². The zero-order valence-electron chi connectivity index (χ0n) is 13.6. The molecule has 0 aliphatic carbocycles. The van der Waals surface area contributed by atoms with Crippen molar-refractivity contribution in [3.05, 3.63) is 87.8 Å². The molecule has 3 heterocycles. The standard InChI is InChI=1S/C20H13Cl2N3O/c21-13-8-9-19-17(10-14-4-3-5-15(12-26)23-14)20(24-25(19)11-13)16-6-1-2-7-18(16)22/h1-9,11-12H,10H2. The molecular formula is C20H13Cl2N3O. The summed E-state index contributed by atoms with van der Waals surface area (Å²) in [6.07, 6.45) is 3.03. The molecule has 0 saturated heterocycles. The van der Waals surface area contributed by atoms with Gasteiger partial charge in [-0.3, -0.25) is 4.79 Å². The summed E-state index contributed by atoms with van der Waals surface area (Å²) in [6.45, 7) is 0. The maximum atomic E-state index is 11.0. The number of rotatable bonds is 4. The largest absolute Gasteiger partial charge is 0.296 e. The first-order valence-corrected chi connectivity index (χ1v) is 8.74. The van der Waals surface area contributed by atoms with Crippen molar-refractivity contribution in [2.75, 3.05) is 0 Å². The fourth-order valence-electron chi connectivity index (χ4n) is 2.96. The van der Waals surface area contributed by atoms with E-state index in [-0.39, 0.29) is 0 Å². The molecule has 4 nitrogen and oxygen atoms in total. The van der Waals surface area contributed by atoms with Crippen LogP contribution in [-0.2, 0) is 6.42 Å². The molecule has 6 heteroatoms. The van der Waals surface area contributed by atoms with E-state index in [2.05, 4.69) is 4.98 Å². The minimum atomic E-state index is 0.404. The van der Waals surface area contributed by atoms with Gasteiger partial charge in [0, 0.05) is 29.4 Å². The third-order valence-electron chi connectivity index (χ3n) is 4.13. The molecule has 0 bridgehead atoms. The average molecular weight is 382 g/mol. The normalized spacial score (nSPS) is 11.0. The van der Waals surface area contributed by atoms with Crippen molar-refractivity contribution >= 4 is 35.0 Å². The molecule has 0 atom stereocenters. The molecule has 0 spiro atoms. The molecule has 4 aromatic rings. The Morgan fingerprint density at radius 1 is 1.00 bits per heavy atom. The fraction of sp³-hybridized carbons (Fsp3) is 0.0500. The van der Waals surface area contributed by atoms with Crippen LogP contribution in [0.15, 0.2) is 60.8 Å². The maximum absolute atomic E-state index is 11.0. The third kappa shape index (κ3) is 3.09. The van der Waals surface area contributed by atoms with Gasteiger partial charge in [-0.25, -0.2) is 9.50 Å². The molecule has 26 heavy (non-hydrogen) atoms. The van der Waals surface area contributed by atoms with Crippen LogP contribution < -0.4 is 0 Å². The van der Waals surface area contributed by atoms with Gasteiger partial charge >= 0.3 is 0 Å². The molecule has 0 aliphatic heterocycles. The number of benzene rings is 1. The Kier molecular flexibility index (Phi) is 4.45. The second kappa shape index (κ2) is 6.90. The van der Waals surface area contributed by atoms with Crippen LogP contribution in [0.2, 0.25) is 10.0 Å². The van der Waals surface area contributed by atoms with Crippen molar-refractivity contribution in [1.82, 2.24) is 14.6 Å². The Bertz CT molecular complexity index is 1120. The Hall–Kier alpha value is -2.69. The number of hydrogen-bond acceptors (Lipinski definition) is 3. The summed E-state index contributed by atoms with van der Waals surface area (Å²) in [4.78, 5) is 15.4. The molecule has 128 valence electrons. The summed E-state index contributed by atoms with van der Waals surface area (Å²) in [5, 5.41) is 5.91. The lowest BCUT2D eigenvalue weighted by atomic mass is 10.0. The summed E-state index contributed by atoms with van der Waals surface area (Å²) < 4.78 is 1.75. The first kappa shape index (κ1) is 16.8. The highest BCUT2D eigenvalue weighted by atomic mass is 35.5. The Balaban J connectivity index is 1.92. The van der Waals surface area contributed by atoms with E-state index in [0.717, 1.165) is 34.3 Å². The van der Waals surface area contributed by atoms with Gasteiger partial charge < -0.3 is 0 Å². The predicted octanol–water partition coefficient (Wildman–Crippen LogP) is 5.11. The molecule has 0 N–H and O–H groups in total. The van der Waals surface area contributed by atoms with Crippen LogP contribution in [0.3, 0.4) is 0 Å². The lowest BCUT2D eigenvalue weighted by Gasteiger charge is -2.06. The average Bonchev–Trinajstić information content (AvgIpc) is 2.99.